The van der Waals surface area contributed by atoms with Crippen LogP contribution in [0.2, 0.25) is 0 Å². The minimum Gasteiger partial charge on any atom is -0.496 e. The maximum absolute atomic E-state index is 14.0. The first-order valence-electron chi connectivity index (χ1n) is 12.8. The molecule has 1 N–H and O–H groups in total. The molecule has 0 aliphatic carbocycles. The number of carboxylic acids is 1. The van der Waals surface area contributed by atoms with Gasteiger partial charge >= 0.3 is 11.9 Å². The van der Waals surface area contributed by atoms with Crippen molar-refractivity contribution in [3.05, 3.63) is 58.3 Å². The highest BCUT2D eigenvalue weighted by Crippen LogP contribution is 2.49. The number of nitrogens with zero attached hydrogens (tertiary/aromatic N) is 1. The second-order valence-electron chi connectivity index (χ2n) is 10.3. The summed E-state index contributed by atoms with van der Waals surface area (Å²) in [6, 6.07) is 13.3. The summed E-state index contributed by atoms with van der Waals surface area (Å²) in [4.78, 5) is 37.4. The number of methoxy groups -OCH3 is 1. The fourth-order valence-electron chi connectivity index (χ4n) is 5.55. The molecule has 9 heteroatoms. The third-order valence-electron chi connectivity index (χ3n) is 7.26. The number of hydrogen-bond acceptors (Lipinski definition) is 7. The Kier molecular flexibility index (Phi) is 6.72. The van der Waals surface area contributed by atoms with Crippen LogP contribution in [0.5, 0.6) is 11.5 Å². The number of carbonyl (C=O) groups excluding carboxylic acids is 1. The molecule has 0 amide bonds. The number of ether oxygens (including phenoxy) is 4. The number of carboxylic acid groups (broad SMARTS) is 1. The SMILES string of the molecule is COc1cc2c(c3c1c(=O)c1cc4ccccc4cc1n3C)[C@@H](OC(C)=O)[C@@H](OCCCC(=O)O)C(C)(C)O2. The highest BCUT2D eigenvalue weighted by atomic mass is 16.6. The molecule has 0 saturated carbocycles. The summed E-state index contributed by atoms with van der Waals surface area (Å²) in [6.07, 6.45) is -1.48. The molecule has 0 radical (unpaired) electrons. The van der Waals surface area contributed by atoms with Gasteiger partial charge in [0.1, 0.15) is 23.2 Å². The van der Waals surface area contributed by atoms with Gasteiger partial charge in [-0.3, -0.25) is 14.4 Å². The Hall–Kier alpha value is -4.11. The lowest BCUT2D eigenvalue weighted by atomic mass is 9.86. The van der Waals surface area contributed by atoms with Crippen molar-refractivity contribution in [2.75, 3.05) is 13.7 Å². The monoisotopic (exact) mass is 533 g/mol. The van der Waals surface area contributed by atoms with Crippen LogP contribution in [0.25, 0.3) is 32.6 Å². The molecule has 1 aliphatic rings. The van der Waals surface area contributed by atoms with Gasteiger partial charge in [0.15, 0.2) is 6.10 Å². The van der Waals surface area contributed by atoms with E-state index in [-0.39, 0.29) is 24.9 Å². The van der Waals surface area contributed by atoms with Crippen LogP contribution in [0.1, 0.15) is 45.3 Å². The molecule has 1 aliphatic heterocycles. The Balaban J connectivity index is 1.81. The second kappa shape index (κ2) is 9.89. The summed E-state index contributed by atoms with van der Waals surface area (Å²) in [5.41, 5.74) is 0.540. The summed E-state index contributed by atoms with van der Waals surface area (Å²) >= 11 is 0. The molecule has 2 atom stereocenters. The van der Waals surface area contributed by atoms with Crippen molar-refractivity contribution >= 4 is 44.5 Å². The molecular weight excluding hydrogens is 502 g/mol. The van der Waals surface area contributed by atoms with Gasteiger partial charge in [0.2, 0.25) is 5.43 Å². The van der Waals surface area contributed by atoms with Gasteiger partial charge in [-0.25, -0.2) is 0 Å². The molecule has 0 bridgehead atoms. The van der Waals surface area contributed by atoms with Gasteiger partial charge in [0.25, 0.3) is 0 Å². The highest BCUT2D eigenvalue weighted by molar-refractivity contribution is 6.04. The quantitative estimate of drug-likeness (QED) is 0.203. The number of fused-ring (bicyclic) bond motifs is 5. The zero-order valence-electron chi connectivity index (χ0n) is 22.6. The van der Waals surface area contributed by atoms with Gasteiger partial charge in [0.05, 0.1) is 29.1 Å². The van der Waals surface area contributed by atoms with Gasteiger partial charge in [-0.15, -0.1) is 0 Å². The molecule has 0 unspecified atom stereocenters. The van der Waals surface area contributed by atoms with Crippen LogP contribution in [-0.2, 0) is 26.1 Å². The minimum atomic E-state index is -0.957. The van der Waals surface area contributed by atoms with E-state index in [1.54, 1.807) is 6.07 Å². The van der Waals surface area contributed by atoms with Crippen molar-refractivity contribution in [1.82, 2.24) is 4.57 Å². The first kappa shape index (κ1) is 26.5. The standard InChI is InChI=1S/C30H31NO8/c1-16(32)38-28-25-22(39-30(2,3)29(28)37-12-8-11-23(33)34)15-21(36-5)24-26(25)31(4)20-14-18-10-7-6-9-17(18)13-19(20)27(24)35/h6-7,9-10,13-15,28-29H,8,11-12H2,1-5H3,(H,33,34)/t28-,29-/m1/s1. The third kappa shape index (κ3) is 4.57. The van der Waals surface area contributed by atoms with Crippen molar-refractivity contribution in [3.63, 3.8) is 0 Å². The van der Waals surface area contributed by atoms with Crippen molar-refractivity contribution in [1.29, 1.82) is 0 Å². The summed E-state index contributed by atoms with van der Waals surface area (Å²) in [6.45, 7) is 5.07. The minimum absolute atomic E-state index is 0.0581. The fraction of sp³-hybridized carbons (Fsp3) is 0.367. The predicted molar refractivity (Wildman–Crippen MR) is 147 cm³/mol. The Morgan fingerprint density at radius 3 is 2.46 bits per heavy atom. The molecule has 5 rings (SSSR count). The summed E-state index contributed by atoms with van der Waals surface area (Å²) in [5.74, 6) is -0.690. The topological polar surface area (TPSA) is 113 Å². The number of aliphatic carboxylic acids is 1. The molecule has 3 aromatic carbocycles. The molecule has 1 aromatic heterocycles. The van der Waals surface area contributed by atoms with Crippen LogP contribution in [0.3, 0.4) is 0 Å². The van der Waals surface area contributed by atoms with Crippen LogP contribution < -0.4 is 14.9 Å². The summed E-state index contributed by atoms with van der Waals surface area (Å²) < 4.78 is 26.1. The maximum Gasteiger partial charge on any atom is 0.303 e. The van der Waals surface area contributed by atoms with E-state index in [4.69, 9.17) is 24.1 Å². The number of aromatic nitrogens is 1. The first-order chi connectivity index (χ1) is 18.5. The average Bonchev–Trinajstić information content (AvgIpc) is 2.88. The Bertz CT molecular complexity index is 1690. The number of pyridine rings is 1. The van der Waals surface area contributed by atoms with E-state index in [9.17, 15) is 14.4 Å². The lowest BCUT2D eigenvalue weighted by Gasteiger charge is -2.44. The van der Waals surface area contributed by atoms with E-state index < -0.39 is 29.7 Å². The van der Waals surface area contributed by atoms with E-state index >= 15 is 0 Å². The molecule has 9 nitrogen and oxygen atoms in total. The van der Waals surface area contributed by atoms with Gasteiger partial charge in [0, 0.05) is 38.5 Å². The van der Waals surface area contributed by atoms with Gasteiger partial charge in [-0.1, -0.05) is 24.3 Å². The summed E-state index contributed by atoms with van der Waals surface area (Å²) in [5, 5.41) is 11.8. The van der Waals surface area contributed by atoms with Crippen molar-refractivity contribution in [2.45, 2.75) is 51.4 Å². The lowest BCUT2D eigenvalue weighted by molar-refractivity contribution is -0.178. The van der Waals surface area contributed by atoms with Crippen molar-refractivity contribution < 1.29 is 33.6 Å². The molecule has 0 fully saturated rings. The van der Waals surface area contributed by atoms with Crippen LogP contribution in [-0.4, -0.2) is 47.0 Å². The van der Waals surface area contributed by atoms with Crippen LogP contribution in [0.4, 0.5) is 0 Å². The third-order valence-corrected chi connectivity index (χ3v) is 7.26. The van der Waals surface area contributed by atoms with Crippen LogP contribution in [0.15, 0.2) is 47.3 Å². The maximum atomic E-state index is 14.0. The van der Waals surface area contributed by atoms with Crippen molar-refractivity contribution in [2.24, 2.45) is 7.05 Å². The van der Waals surface area contributed by atoms with E-state index in [2.05, 4.69) is 0 Å². The fourth-order valence-corrected chi connectivity index (χ4v) is 5.55. The molecular formula is C30H31NO8. The first-order valence-corrected chi connectivity index (χ1v) is 12.8. The molecule has 4 aromatic rings. The zero-order valence-corrected chi connectivity index (χ0v) is 22.6. The van der Waals surface area contributed by atoms with Crippen LogP contribution in [0, 0.1) is 0 Å². The van der Waals surface area contributed by atoms with Gasteiger partial charge in [-0.2, -0.15) is 0 Å². The van der Waals surface area contributed by atoms with E-state index in [1.165, 1.54) is 14.0 Å². The number of esters is 1. The molecule has 0 spiro atoms. The van der Waals surface area contributed by atoms with Crippen LogP contribution >= 0.6 is 0 Å². The number of rotatable bonds is 7. The normalized spacial score (nSPS) is 18.1. The Morgan fingerprint density at radius 1 is 1.13 bits per heavy atom. The number of hydrogen-bond donors (Lipinski definition) is 1. The second-order valence-corrected chi connectivity index (χ2v) is 10.3. The molecule has 204 valence electrons. The predicted octanol–water partition coefficient (Wildman–Crippen LogP) is 4.88. The lowest BCUT2D eigenvalue weighted by Crippen LogP contribution is -2.51. The number of aryl methyl sites for hydroxylation is 1. The van der Waals surface area contributed by atoms with Gasteiger partial charge < -0.3 is 28.6 Å². The molecule has 2 heterocycles. The summed E-state index contributed by atoms with van der Waals surface area (Å²) in [7, 11) is 3.35. The Morgan fingerprint density at radius 2 is 1.82 bits per heavy atom. The number of carbonyl (C=O) groups is 2. The highest BCUT2D eigenvalue weighted by Gasteiger charge is 2.48. The van der Waals surface area contributed by atoms with E-state index in [1.807, 2.05) is 61.9 Å². The van der Waals surface area contributed by atoms with Gasteiger partial charge in [-0.05, 0) is 43.2 Å². The van der Waals surface area contributed by atoms with E-state index in [0.717, 1.165) is 10.8 Å². The largest absolute Gasteiger partial charge is 0.496 e. The smallest absolute Gasteiger partial charge is 0.303 e. The Labute approximate surface area is 224 Å². The van der Waals surface area contributed by atoms with Crippen molar-refractivity contribution in [3.8, 4) is 11.5 Å². The zero-order chi connectivity index (χ0) is 28.1. The molecule has 39 heavy (non-hydrogen) atoms. The molecule has 0 saturated heterocycles. The van der Waals surface area contributed by atoms with E-state index in [0.29, 0.717) is 38.9 Å². The average molecular weight is 534 g/mol. The number of benzene rings is 3.